The van der Waals surface area contributed by atoms with Gasteiger partial charge in [-0.15, -0.1) is 0 Å². The Kier molecular flexibility index (Phi) is 2.82. The van der Waals surface area contributed by atoms with Crippen molar-refractivity contribution in [3.8, 4) is 5.75 Å². The number of halogens is 1. The number of fused-ring (bicyclic) bond motifs is 1. The van der Waals surface area contributed by atoms with E-state index in [9.17, 15) is 0 Å². The minimum Gasteiger partial charge on any atom is -0.493 e. The van der Waals surface area contributed by atoms with E-state index in [0.29, 0.717) is 10.7 Å². The molecule has 0 radical (unpaired) electrons. The lowest BCUT2D eigenvalue weighted by Crippen LogP contribution is -2.04. The number of hydrogen-bond acceptors (Lipinski definition) is 1. The van der Waals surface area contributed by atoms with E-state index in [1.54, 1.807) is 0 Å². The average molecular weight is 255 g/mol. The topological polar surface area (TPSA) is 9.23 Å². The van der Waals surface area contributed by atoms with Gasteiger partial charge in [0, 0.05) is 11.2 Å². The summed E-state index contributed by atoms with van der Waals surface area (Å²) in [6, 6.07) is 6.60. The van der Waals surface area contributed by atoms with Crippen molar-refractivity contribution in [2.75, 3.05) is 6.61 Å². The number of alkyl halides is 1. The molecule has 2 atom stereocenters. The molecule has 2 unspecified atom stereocenters. The molecular formula is C12H15BrO. The molecule has 2 rings (SSSR count). The van der Waals surface area contributed by atoms with Crippen LogP contribution in [0.2, 0.25) is 0 Å². The molecule has 1 nitrogen and oxygen atoms in total. The van der Waals surface area contributed by atoms with Crippen molar-refractivity contribution in [1.29, 1.82) is 0 Å². The maximum absolute atomic E-state index is 5.55. The predicted molar refractivity (Wildman–Crippen MR) is 62.4 cm³/mol. The summed E-state index contributed by atoms with van der Waals surface area (Å²) in [5.41, 5.74) is 2.71. The quantitative estimate of drug-likeness (QED) is 0.735. The highest BCUT2D eigenvalue weighted by Gasteiger charge is 2.16. The summed E-state index contributed by atoms with van der Waals surface area (Å²) in [4.78, 5) is 0.502. The van der Waals surface area contributed by atoms with Gasteiger partial charge in [0.2, 0.25) is 0 Å². The first-order valence-corrected chi connectivity index (χ1v) is 5.99. The van der Waals surface area contributed by atoms with Gasteiger partial charge < -0.3 is 4.74 Å². The lowest BCUT2D eigenvalue weighted by atomic mass is 9.97. The van der Waals surface area contributed by atoms with Crippen LogP contribution >= 0.6 is 15.9 Å². The van der Waals surface area contributed by atoms with Crippen molar-refractivity contribution in [1.82, 2.24) is 0 Å². The summed E-state index contributed by atoms with van der Waals surface area (Å²) in [5, 5.41) is 0. The van der Waals surface area contributed by atoms with E-state index in [2.05, 4.69) is 48.0 Å². The Balaban J connectivity index is 2.28. The van der Waals surface area contributed by atoms with E-state index in [1.165, 1.54) is 11.1 Å². The first-order chi connectivity index (χ1) is 6.68. The third-order valence-corrected chi connectivity index (χ3v) is 3.73. The summed E-state index contributed by atoms with van der Waals surface area (Å²) in [5.74, 6) is 1.62. The molecule has 1 aliphatic heterocycles. The zero-order valence-corrected chi connectivity index (χ0v) is 10.2. The van der Waals surface area contributed by atoms with Crippen LogP contribution < -0.4 is 4.74 Å². The first-order valence-electron chi connectivity index (χ1n) is 5.08. The molecule has 1 aromatic carbocycles. The molecule has 0 spiro atoms. The highest BCUT2D eigenvalue weighted by molar-refractivity contribution is 9.09. The van der Waals surface area contributed by atoms with Crippen LogP contribution in [-0.4, -0.2) is 11.4 Å². The molecule has 0 N–H and O–H groups in total. The molecular weight excluding hydrogens is 240 g/mol. The number of benzene rings is 1. The molecule has 2 heteroatoms. The fourth-order valence-corrected chi connectivity index (χ4v) is 2.04. The summed E-state index contributed by atoms with van der Waals surface area (Å²) in [6.45, 7) is 5.26. The second-order valence-corrected chi connectivity index (χ2v) is 5.38. The molecule has 14 heavy (non-hydrogen) atoms. The van der Waals surface area contributed by atoms with E-state index < -0.39 is 0 Å². The zero-order chi connectivity index (χ0) is 10.1. The Hall–Kier alpha value is -0.500. The van der Waals surface area contributed by atoms with Gasteiger partial charge in [-0.3, -0.25) is 0 Å². The second kappa shape index (κ2) is 3.93. The zero-order valence-electron chi connectivity index (χ0n) is 8.59. The van der Waals surface area contributed by atoms with Crippen LogP contribution in [0.1, 0.15) is 30.9 Å². The van der Waals surface area contributed by atoms with Crippen molar-refractivity contribution in [3.63, 3.8) is 0 Å². The summed E-state index contributed by atoms with van der Waals surface area (Å²) in [6.07, 6.45) is 1.06. The molecule has 0 bridgehead atoms. The number of hydrogen-bond donors (Lipinski definition) is 0. The summed E-state index contributed by atoms with van der Waals surface area (Å²) >= 11 is 3.62. The highest BCUT2D eigenvalue weighted by atomic mass is 79.9. The Bertz CT molecular complexity index is 333. The Morgan fingerprint density at radius 2 is 2.14 bits per heavy atom. The van der Waals surface area contributed by atoms with Crippen LogP contribution in [0.15, 0.2) is 18.2 Å². The van der Waals surface area contributed by atoms with Gasteiger partial charge in [0.05, 0.1) is 6.61 Å². The molecule has 76 valence electrons. The number of ether oxygens (including phenoxy) is 1. The maximum Gasteiger partial charge on any atom is 0.122 e. The lowest BCUT2D eigenvalue weighted by molar-refractivity contribution is 0.356. The van der Waals surface area contributed by atoms with Crippen LogP contribution in [0.5, 0.6) is 5.75 Å². The molecule has 0 saturated heterocycles. The normalized spacial score (nSPS) is 18.5. The molecule has 1 heterocycles. The monoisotopic (exact) mass is 254 g/mol. The third-order valence-electron chi connectivity index (χ3n) is 2.93. The molecule has 0 aromatic heterocycles. The molecule has 1 aliphatic rings. The van der Waals surface area contributed by atoms with Crippen molar-refractivity contribution < 1.29 is 4.74 Å². The van der Waals surface area contributed by atoms with Crippen LogP contribution in [0, 0.1) is 0 Å². The smallest absolute Gasteiger partial charge is 0.122 e. The minimum absolute atomic E-state index is 0.502. The fourth-order valence-electron chi connectivity index (χ4n) is 1.73. The van der Waals surface area contributed by atoms with Crippen LogP contribution in [0.4, 0.5) is 0 Å². The SMILES string of the molecule is CC(Br)C(C)c1ccc2c(c1)OCC2. The van der Waals surface area contributed by atoms with Crippen molar-refractivity contribution in [3.05, 3.63) is 29.3 Å². The van der Waals surface area contributed by atoms with Gasteiger partial charge in [0.1, 0.15) is 5.75 Å². The summed E-state index contributed by atoms with van der Waals surface area (Å²) < 4.78 is 5.55. The van der Waals surface area contributed by atoms with Gasteiger partial charge in [-0.2, -0.15) is 0 Å². The van der Waals surface area contributed by atoms with Crippen molar-refractivity contribution in [2.45, 2.75) is 31.0 Å². The van der Waals surface area contributed by atoms with E-state index in [4.69, 9.17) is 4.74 Å². The lowest BCUT2D eigenvalue weighted by Gasteiger charge is -2.15. The molecule has 0 aliphatic carbocycles. The average Bonchev–Trinajstić information content (AvgIpc) is 2.62. The highest BCUT2D eigenvalue weighted by Crippen LogP contribution is 2.31. The van der Waals surface area contributed by atoms with Gasteiger partial charge in [-0.25, -0.2) is 0 Å². The second-order valence-electron chi connectivity index (χ2n) is 3.93. The molecule has 0 saturated carbocycles. The Morgan fingerprint density at radius 1 is 1.36 bits per heavy atom. The van der Waals surface area contributed by atoms with E-state index in [0.717, 1.165) is 18.8 Å². The summed E-state index contributed by atoms with van der Waals surface area (Å²) in [7, 11) is 0. The van der Waals surface area contributed by atoms with Gasteiger partial charge in [-0.1, -0.05) is 41.9 Å². The largest absolute Gasteiger partial charge is 0.493 e. The van der Waals surface area contributed by atoms with Gasteiger partial charge in [0.15, 0.2) is 0 Å². The Labute approximate surface area is 93.6 Å². The van der Waals surface area contributed by atoms with E-state index >= 15 is 0 Å². The van der Waals surface area contributed by atoms with Crippen molar-refractivity contribution >= 4 is 15.9 Å². The van der Waals surface area contributed by atoms with E-state index in [1.807, 2.05) is 0 Å². The van der Waals surface area contributed by atoms with Crippen molar-refractivity contribution in [2.24, 2.45) is 0 Å². The third kappa shape index (κ3) is 1.81. The first kappa shape index (κ1) is 10.0. The minimum atomic E-state index is 0.502. The van der Waals surface area contributed by atoms with Gasteiger partial charge >= 0.3 is 0 Å². The molecule has 0 fully saturated rings. The van der Waals surface area contributed by atoms with Crippen LogP contribution in [0.25, 0.3) is 0 Å². The Morgan fingerprint density at radius 3 is 2.86 bits per heavy atom. The van der Waals surface area contributed by atoms with Gasteiger partial charge in [0.25, 0.3) is 0 Å². The molecule has 1 aromatic rings. The maximum atomic E-state index is 5.55. The number of rotatable bonds is 2. The van der Waals surface area contributed by atoms with E-state index in [-0.39, 0.29) is 0 Å². The predicted octanol–water partition coefficient (Wildman–Crippen LogP) is 3.51. The standard InChI is InChI=1S/C12H15BrO/c1-8(9(2)13)11-4-3-10-5-6-14-12(10)7-11/h3-4,7-9H,5-6H2,1-2H3. The molecule has 0 amide bonds. The van der Waals surface area contributed by atoms with Crippen LogP contribution in [0.3, 0.4) is 0 Å². The van der Waals surface area contributed by atoms with Crippen LogP contribution in [-0.2, 0) is 6.42 Å². The fraction of sp³-hybridized carbons (Fsp3) is 0.500. The van der Waals surface area contributed by atoms with Gasteiger partial charge in [-0.05, 0) is 23.1 Å².